The molecule has 1 N–H and O–H groups in total. The Hall–Kier alpha value is -3.27. The Labute approximate surface area is 134 Å². The SMILES string of the molecule is Oc1ccccc1C=Nc1ccccc1N=Nc1ccccc1. The highest BCUT2D eigenvalue weighted by Gasteiger charge is 2.00. The van der Waals surface area contributed by atoms with Crippen LogP contribution in [-0.4, -0.2) is 11.3 Å². The molecule has 0 saturated heterocycles. The normalized spacial score (nSPS) is 11.3. The van der Waals surface area contributed by atoms with E-state index in [-0.39, 0.29) is 5.75 Å². The van der Waals surface area contributed by atoms with Crippen LogP contribution in [0.4, 0.5) is 17.1 Å². The van der Waals surface area contributed by atoms with Gasteiger partial charge in [0.05, 0.1) is 11.4 Å². The zero-order valence-corrected chi connectivity index (χ0v) is 12.4. The van der Waals surface area contributed by atoms with Crippen LogP contribution in [0.15, 0.2) is 94.1 Å². The van der Waals surface area contributed by atoms with Crippen molar-refractivity contribution in [2.24, 2.45) is 15.2 Å². The lowest BCUT2D eigenvalue weighted by atomic mass is 10.2. The maximum Gasteiger partial charge on any atom is 0.124 e. The van der Waals surface area contributed by atoms with Crippen LogP contribution >= 0.6 is 0 Å². The molecule has 4 heteroatoms. The molecule has 0 heterocycles. The lowest BCUT2D eigenvalue weighted by Crippen LogP contribution is -1.80. The number of benzene rings is 3. The minimum Gasteiger partial charge on any atom is -0.507 e. The third-order valence-corrected chi connectivity index (χ3v) is 3.19. The van der Waals surface area contributed by atoms with E-state index in [1.807, 2.05) is 60.7 Å². The van der Waals surface area contributed by atoms with Gasteiger partial charge in [-0.05, 0) is 36.4 Å². The zero-order chi connectivity index (χ0) is 15.9. The summed E-state index contributed by atoms with van der Waals surface area (Å²) >= 11 is 0. The van der Waals surface area contributed by atoms with Gasteiger partial charge in [0.15, 0.2) is 0 Å². The largest absolute Gasteiger partial charge is 0.507 e. The number of aliphatic imine (C=N–C) groups is 1. The minimum absolute atomic E-state index is 0.194. The van der Waals surface area contributed by atoms with Gasteiger partial charge in [-0.25, -0.2) is 0 Å². The van der Waals surface area contributed by atoms with Crippen LogP contribution in [0, 0.1) is 0 Å². The average molecular weight is 301 g/mol. The Kier molecular flexibility index (Phi) is 4.55. The van der Waals surface area contributed by atoms with Gasteiger partial charge in [-0.3, -0.25) is 4.99 Å². The lowest BCUT2D eigenvalue weighted by molar-refractivity contribution is 0.474. The van der Waals surface area contributed by atoms with Crippen LogP contribution in [0.3, 0.4) is 0 Å². The molecule has 0 spiro atoms. The summed E-state index contributed by atoms with van der Waals surface area (Å²) in [5.41, 5.74) is 2.80. The standard InChI is InChI=1S/C19H15N3O/c23-19-13-7-4-8-15(19)14-20-17-11-5-6-12-18(17)22-21-16-9-2-1-3-10-16/h1-14,23H. The summed E-state index contributed by atoms with van der Waals surface area (Å²) in [6.07, 6.45) is 1.62. The fourth-order valence-corrected chi connectivity index (χ4v) is 2.00. The van der Waals surface area contributed by atoms with Crippen molar-refractivity contribution in [3.05, 3.63) is 84.4 Å². The zero-order valence-electron chi connectivity index (χ0n) is 12.4. The summed E-state index contributed by atoms with van der Waals surface area (Å²) in [7, 11) is 0. The number of phenols is 1. The lowest BCUT2D eigenvalue weighted by Gasteiger charge is -2.00. The Morgan fingerprint density at radius 3 is 2.09 bits per heavy atom. The highest BCUT2D eigenvalue weighted by atomic mass is 16.3. The van der Waals surface area contributed by atoms with Crippen LogP contribution in [0.2, 0.25) is 0 Å². The Morgan fingerprint density at radius 2 is 1.30 bits per heavy atom. The van der Waals surface area contributed by atoms with E-state index in [0.29, 0.717) is 16.9 Å². The minimum atomic E-state index is 0.194. The molecule has 0 amide bonds. The second-order valence-electron chi connectivity index (χ2n) is 4.84. The molecule has 4 nitrogen and oxygen atoms in total. The van der Waals surface area contributed by atoms with Gasteiger partial charge in [-0.15, -0.1) is 5.11 Å². The average Bonchev–Trinajstić information content (AvgIpc) is 2.61. The second-order valence-corrected chi connectivity index (χ2v) is 4.84. The third kappa shape index (κ3) is 3.89. The van der Waals surface area contributed by atoms with Crippen molar-refractivity contribution < 1.29 is 5.11 Å². The van der Waals surface area contributed by atoms with E-state index in [9.17, 15) is 5.11 Å². The monoisotopic (exact) mass is 301 g/mol. The molecular formula is C19H15N3O. The number of rotatable bonds is 4. The number of hydrogen-bond acceptors (Lipinski definition) is 4. The molecular weight excluding hydrogens is 286 g/mol. The highest BCUT2D eigenvalue weighted by molar-refractivity contribution is 5.86. The smallest absolute Gasteiger partial charge is 0.124 e. The molecule has 3 rings (SSSR count). The predicted molar refractivity (Wildman–Crippen MR) is 92.4 cm³/mol. The first-order chi connectivity index (χ1) is 11.3. The van der Waals surface area contributed by atoms with Crippen LogP contribution in [0.1, 0.15) is 5.56 Å². The first-order valence-electron chi connectivity index (χ1n) is 7.21. The van der Waals surface area contributed by atoms with E-state index in [1.165, 1.54) is 0 Å². The van der Waals surface area contributed by atoms with Gasteiger partial charge in [-0.1, -0.05) is 42.5 Å². The Bertz CT molecular complexity index is 842. The maximum atomic E-state index is 9.78. The molecule has 0 unspecified atom stereocenters. The molecule has 23 heavy (non-hydrogen) atoms. The van der Waals surface area contributed by atoms with E-state index in [2.05, 4.69) is 15.2 Å². The van der Waals surface area contributed by atoms with Crippen molar-refractivity contribution in [2.75, 3.05) is 0 Å². The van der Waals surface area contributed by atoms with Gasteiger partial charge in [-0.2, -0.15) is 5.11 Å². The second kappa shape index (κ2) is 7.13. The number of hydrogen-bond donors (Lipinski definition) is 1. The van der Waals surface area contributed by atoms with Gasteiger partial charge >= 0.3 is 0 Å². The Morgan fingerprint density at radius 1 is 0.652 bits per heavy atom. The molecule has 112 valence electrons. The van der Waals surface area contributed by atoms with Crippen molar-refractivity contribution >= 4 is 23.3 Å². The van der Waals surface area contributed by atoms with Crippen molar-refractivity contribution in [1.29, 1.82) is 0 Å². The van der Waals surface area contributed by atoms with Crippen molar-refractivity contribution in [3.8, 4) is 5.75 Å². The van der Waals surface area contributed by atoms with E-state index >= 15 is 0 Å². The van der Waals surface area contributed by atoms with E-state index in [0.717, 1.165) is 5.69 Å². The highest BCUT2D eigenvalue weighted by Crippen LogP contribution is 2.29. The number of aromatic hydroxyl groups is 1. The molecule has 0 aliphatic heterocycles. The first-order valence-corrected chi connectivity index (χ1v) is 7.21. The van der Waals surface area contributed by atoms with E-state index in [1.54, 1.807) is 24.4 Å². The molecule has 0 aliphatic carbocycles. The molecule has 0 aromatic heterocycles. The summed E-state index contributed by atoms with van der Waals surface area (Å²) in [6, 6.07) is 24.1. The van der Waals surface area contributed by atoms with Crippen LogP contribution in [0.5, 0.6) is 5.75 Å². The van der Waals surface area contributed by atoms with E-state index < -0.39 is 0 Å². The van der Waals surface area contributed by atoms with Gasteiger partial charge in [0.1, 0.15) is 11.4 Å². The van der Waals surface area contributed by atoms with Crippen LogP contribution in [-0.2, 0) is 0 Å². The number of nitrogens with zero attached hydrogens (tertiary/aromatic N) is 3. The third-order valence-electron chi connectivity index (χ3n) is 3.19. The molecule has 0 radical (unpaired) electrons. The van der Waals surface area contributed by atoms with Crippen LogP contribution in [0.25, 0.3) is 0 Å². The van der Waals surface area contributed by atoms with Gasteiger partial charge in [0.25, 0.3) is 0 Å². The van der Waals surface area contributed by atoms with Gasteiger partial charge in [0, 0.05) is 11.8 Å². The molecule has 3 aromatic carbocycles. The number of phenolic OH excluding ortho intramolecular Hbond substituents is 1. The quantitative estimate of drug-likeness (QED) is 0.498. The molecule has 0 atom stereocenters. The summed E-state index contributed by atoms with van der Waals surface area (Å²) < 4.78 is 0. The molecule has 0 fully saturated rings. The molecule has 3 aromatic rings. The summed E-state index contributed by atoms with van der Waals surface area (Å²) in [5, 5.41) is 18.2. The molecule has 0 bridgehead atoms. The van der Waals surface area contributed by atoms with Crippen molar-refractivity contribution in [2.45, 2.75) is 0 Å². The van der Waals surface area contributed by atoms with E-state index in [4.69, 9.17) is 0 Å². The maximum absolute atomic E-state index is 9.78. The van der Waals surface area contributed by atoms with Crippen molar-refractivity contribution in [1.82, 2.24) is 0 Å². The fourth-order valence-electron chi connectivity index (χ4n) is 2.00. The Balaban J connectivity index is 1.87. The molecule has 0 aliphatic rings. The predicted octanol–water partition coefficient (Wildman–Crippen LogP) is 5.56. The summed E-state index contributed by atoms with van der Waals surface area (Å²) in [5.74, 6) is 0.194. The fraction of sp³-hybridized carbons (Fsp3) is 0. The van der Waals surface area contributed by atoms with Gasteiger partial charge < -0.3 is 5.11 Å². The van der Waals surface area contributed by atoms with Gasteiger partial charge in [0.2, 0.25) is 0 Å². The number of para-hydroxylation sites is 2. The first kappa shape index (κ1) is 14.7. The summed E-state index contributed by atoms with van der Waals surface area (Å²) in [6.45, 7) is 0. The topological polar surface area (TPSA) is 57.3 Å². The molecule has 0 saturated carbocycles. The van der Waals surface area contributed by atoms with Crippen LogP contribution < -0.4 is 0 Å². The summed E-state index contributed by atoms with van der Waals surface area (Å²) in [4.78, 5) is 4.41. The number of azo groups is 1. The van der Waals surface area contributed by atoms with Crippen molar-refractivity contribution in [3.63, 3.8) is 0 Å².